The molecule has 2 saturated carbocycles. The summed E-state index contributed by atoms with van der Waals surface area (Å²) < 4.78 is 27.7. The number of likely N-dealkylation sites (tertiary alicyclic amines) is 1. The quantitative estimate of drug-likeness (QED) is 0.201. The Morgan fingerprint density at radius 3 is 2.29 bits per heavy atom. The van der Waals surface area contributed by atoms with Crippen molar-refractivity contribution in [1.29, 1.82) is 0 Å². The van der Waals surface area contributed by atoms with Gasteiger partial charge in [-0.1, -0.05) is 73.8 Å². The van der Waals surface area contributed by atoms with Crippen LogP contribution in [0.2, 0.25) is 0 Å². The van der Waals surface area contributed by atoms with E-state index in [9.17, 15) is 32.4 Å². The summed E-state index contributed by atoms with van der Waals surface area (Å²) in [6.07, 6.45) is 2.80. The minimum absolute atomic E-state index is 0.0235. The molecule has 7 atom stereocenters. The highest BCUT2D eigenvalue weighted by Crippen LogP contribution is 2.65. The van der Waals surface area contributed by atoms with Crippen LogP contribution >= 0.6 is 11.3 Å². The van der Waals surface area contributed by atoms with E-state index in [2.05, 4.69) is 16.0 Å². The molecule has 3 aliphatic rings. The zero-order valence-electron chi connectivity index (χ0n) is 29.2. The Balaban J connectivity index is 1.51. The van der Waals surface area contributed by atoms with Crippen molar-refractivity contribution >= 4 is 50.9 Å². The van der Waals surface area contributed by atoms with Crippen LogP contribution in [-0.4, -0.2) is 91.5 Å². The molecule has 1 aromatic heterocycles. The number of likely N-dealkylation sites (N-methyl/N-ethyl adjacent to an activating group) is 1. The Bertz CT molecular complexity index is 1500. The molecule has 0 spiro atoms. The summed E-state index contributed by atoms with van der Waals surface area (Å²) in [5.74, 6) is -2.87. The van der Waals surface area contributed by atoms with Crippen LogP contribution in [-0.2, 0) is 29.2 Å². The van der Waals surface area contributed by atoms with Crippen molar-refractivity contribution in [2.45, 2.75) is 103 Å². The first kappa shape index (κ1) is 37.8. The van der Waals surface area contributed by atoms with Gasteiger partial charge in [0.25, 0.3) is 15.9 Å². The van der Waals surface area contributed by atoms with E-state index in [0.717, 1.165) is 24.2 Å². The van der Waals surface area contributed by atoms with Gasteiger partial charge in [-0.3, -0.25) is 19.2 Å². The third-order valence-corrected chi connectivity index (χ3v) is 13.7. The summed E-state index contributed by atoms with van der Waals surface area (Å²) in [5, 5.41) is 10.2. The van der Waals surface area contributed by atoms with Gasteiger partial charge in [0, 0.05) is 26.2 Å². The molecular weight excluding hydrogens is 657 g/mol. The Morgan fingerprint density at radius 1 is 1.12 bits per heavy atom. The highest BCUT2D eigenvalue weighted by atomic mass is 32.2. The number of sulfonamides is 1. The number of hydrogen-bond donors (Lipinski definition) is 4. The molecule has 0 radical (unpaired) electrons. The average Bonchev–Trinajstić information content (AvgIpc) is 3.69. The molecule has 2 heterocycles. The number of ketones is 1. The first-order valence-corrected chi connectivity index (χ1v) is 19.0. The highest BCUT2D eigenvalue weighted by Gasteiger charge is 2.70. The minimum atomic E-state index is -3.75. The van der Waals surface area contributed by atoms with Crippen molar-refractivity contribution in [1.82, 2.24) is 25.2 Å². The largest absolute Gasteiger partial charge is 0.363 e. The predicted molar refractivity (Wildman–Crippen MR) is 182 cm³/mol. The molecule has 48 heavy (non-hydrogen) atoms. The molecule has 268 valence electrons. The number of hydrogen-bond acceptors (Lipinski definition) is 8. The van der Waals surface area contributed by atoms with Crippen LogP contribution in [0, 0.1) is 34.5 Å². The minimum Gasteiger partial charge on any atom is -0.363 e. The van der Waals surface area contributed by atoms with E-state index >= 15 is 0 Å². The fourth-order valence-corrected chi connectivity index (χ4v) is 9.31. The number of urea groups is 1. The number of carbonyl (C=O) groups is 5. The third-order valence-electron chi connectivity index (χ3n) is 10.6. The van der Waals surface area contributed by atoms with Gasteiger partial charge in [0.05, 0.1) is 6.04 Å². The summed E-state index contributed by atoms with van der Waals surface area (Å²) in [7, 11) is -2.28. The average molecular weight is 709 g/mol. The molecule has 1 aliphatic heterocycles. The molecule has 5 amide bonds. The van der Waals surface area contributed by atoms with Crippen LogP contribution in [0.1, 0.15) is 74.1 Å². The van der Waals surface area contributed by atoms with E-state index in [4.69, 9.17) is 5.73 Å². The molecule has 0 bridgehead atoms. The van der Waals surface area contributed by atoms with Gasteiger partial charge in [-0.25, -0.2) is 13.2 Å². The standard InChI is InChI=1S/C33H52N6O7S2/c1-9-18(2)22(17-38(8)48(45,46)23-11-10-14-47-23)36-31(44)37-27(32(3,4)5)30(43)39-16-20-24(33(20,6)7)25(39)29(42)35-21(15-19-12-13-19)26(40)28(34)41/h10-11,14,18-22,24-25,27H,9,12-13,15-17H2,1-8H3,(H2,34,41)(H,35,42)(H2,36,37,44)/t18-,20-,21?,22+,24-,25-,27+/m0/s1. The van der Waals surface area contributed by atoms with Gasteiger partial charge < -0.3 is 26.6 Å². The molecule has 1 unspecified atom stereocenters. The Kier molecular flexibility index (Phi) is 11.1. The smallest absolute Gasteiger partial charge is 0.315 e. The number of primary amides is 1. The SMILES string of the molecule is CC[C@H](C)[C@@H](CN(C)S(=O)(=O)c1cccs1)NC(=O)N[C@H](C(=O)N1C[C@H]2[C@@H]([C@H]1C(=O)NC(CC1CC1)C(=O)C(N)=O)C2(C)C)C(C)(C)C. The maximum Gasteiger partial charge on any atom is 0.315 e. The maximum atomic E-state index is 14.3. The molecule has 13 nitrogen and oxygen atoms in total. The molecular formula is C33H52N6O7S2. The lowest BCUT2D eigenvalue weighted by Crippen LogP contribution is -2.62. The molecule has 15 heteroatoms. The number of amides is 5. The van der Waals surface area contributed by atoms with E-state index in [-0.39, 0.29) is 39.8 Å². The first-order valence-electron chi connectivity index (χ1n) is 16.7. The van der Waals surface area contributed by atoms with E-state index in [1.165, 1.54) is 22.3 Å². The number of piperidine rings is 1. The molecule has 1 aromatic rings. The van der Waals surface area contributed by atoms with Crippen molar-refractivity contribution in [2.24, 2.45) is 40.2 Å². The fourth-order valence-electron chi connectivity index (χ4n) is 6.91. The number of nitrogens with zero attached hydrogens (tertiary/aromatic N) is 2. The number of fused-ring (bicyclic) bond motifs is 1. The number of thiophene rings is 1. The summed E-state index contributed by atoms with van der Waals surface area (Å²) >= 11 is 1.12. The molecule has 0 aromatic carbocycles. The second-order valence-corrected chi connectivity index (χ2v) is 18.7. The molecule has 2 aliphatic carbocycles. The van der Waals surface area contributed by atoms with Crippen molar-refractivity contribution in [3.8, 4) is 0 Å². The van der Waals surface area contributed by atoms with Gasteiger partial charge in [-0.2, -0.15) is 4.31 Å². The van der Waals surface area contributed by atoms with Crippen LogP contribution in [0.5, 0.6) is 0 Å². The Hall–Kier alpha value is -3.04. The van der Waals surface area contributed by atoms with E-state index in [1.807, 2.05) is 48.5 Å². The number of rotatable bonds is 15. The second-order valence-electron chi connectivity index (χ2n) is 15.5. The number of nitrogens with two attached hydrogens (primary N) is 1. The number of carbonyl (C=O) groups excluding carboxylic acids is 5. The second kappa shape index (κ2) is 14.1. The molecule has 3 fully saturated rings. The number of Topliss-reactive ketones (excluding diaryl/α,β-unsaturated/α-hetero) is 1. The summed E-state index contributed by atoms with van der Waals surface area (Å²) in [4.78, 5) is 67.7. The van der Waals surface area contributed by atoms with Gasteiger partial charge in [0.1, 0.15) is 16.3 Å². The highest BCUT2D eigenvalue weighted by molar-refractivity contribution is 7.91. The monoisotopic (exact) mass is 708 g/mol. The van der Waals surface area contributed by atoms with Crippen LogP contribution in [0.15, 0.2) is 21.7 Å². The van der Waals surface area contributed by atoms with Crippen LogP contribution in [0.4, 0.5) is 4.79 Å². The lowest BCUT2D eigenvalue weighted by atomic mass is 9.85. The van der Waals surface area contributed by atoms with Crippen LogP contribution in [0.25, 0.3) is 0 Å². The number of nitrogens with one attached hydrogen (secondary N) is 3. The predicted octanol–water partition coefficient (Wildman–Crippen LogP) is 2.32. The van der Waals surface area contributed by atoms with Gasteiger partial charge >= 0.3 is 6.03 Å². The van der Waals surface area contributed by atoms with Crippen LogP contribution in [0.3, 0.4) is 0 Å². The lowest BCUT2D eigenvalue weighted by Gasteiger charge is -2.38. The summed E-state index contributed by atoms with van der Waals surface area (Å²) in [6, 6.07) is -0.963. The Morgan fingerprint density at radius 2 is 1.77 bits per heavy atom. The van der Waals surface area contributed by atoms with Gasteiger partial charge in [0.2, 0.25) is 17.6 Å². The molecule has 5 N–H and O–H groups in total. The fraction of sp³-hybridized carbons (Fsp3) is 0.727. The zero-order valence-corrected chi connectivity index (χ0v) is 30.9. The third kappa shape index (κ3) is 8.05. The maximum absolute atomic E-state index is 14.3. The zero-order chi connectivity index (χ0) is 35.9. The van der Waals surface area contributed by atoms with E-state index < -0.39 is 69.1 Å². The van der Waals surface area contributed by atoms with Crippen molar-refractivity contribution in [3.63, 3.8) is 0 Å². The first-order chi connectivity index (χ1) is 22.2. The van der Waals surface area contributed by atoms with Crippen molar-refractivity contribution in [3.05, 3.63) is 17.5 Å². The normalized spacial score (nSPS) is 24.2. The van der Waals surface area contributed by atoms with E-state index in [0.29, 0.717) is 19.4 Å². The lowest BCUT2D eigenvalue weighted by molar-refractivity contribution is -0.145. The van der Waals surface area contributed by atoms with Gasteiger partial charge in [-0.05, 0) is 52.4 Å². The van der Waals surface area contributed by atoms with Gasteiger partial charge in [-0.15, -0.1) is 11.3 Å². The van der Waals surface area contributed by atoms with Crippen molar-refractivity contribution in [2.75, 3.05) is 20.1 Å². The van der Waals surface area contributed by atoms with E-state index in [1.54, 1.807) is 11.4 Å². The van der Waals surface area contributed by atoms with Gasteiger partial charge in [0.15, 0.2) is 0 Å². The summed E-state index contributed by atoms with van der Waals surface area (Å²) in [6.45, 7) is 13.7. The Labute approximate surface area is 288 Å². The molecule has 4 rings (SSSR count). The molecule has 1 saturated heterocycles. The topological polar surface area (TPSA) is 188 Å². The van der Waals surface area contributed by atoms with Crippen molar-refractivity contribution < 1.29 is 32.4 Å². The summed E-state index contributed by atoms with van der Waals surface area (Å²) in [5.41, 5.74) is 4.33. The van der Waals surface area contributed by atoms with Crippen LogP contribution < -0.4 is 21.7 Å².